The van der Waals surface area contributed by atoms with Crippen molar-refractivity contribution < 1.29 is 14.3 Å². The first-order valence-corrected chi connectivity index (χ1v) is 8.11. The number of hydrogen-bond acceptors (Lipinski definition) is 3. The molecule has 0 radical (unpaired) electrons. The fourth-order valence-corrected chi connectivity index (χ4v) is 2.51. The van der Waals surface area contributed by atoms with Crippen LogP contribution >= 0.6 is 0 Å². The van der Waals surface area contributed by atoms with E-state index >= 15 is 0 Å². The molecule has 0 aliphatic carbocycles. The second-order valence-electron chi connectivity index (χ2n) is 5.63. The van der Waals surface area contributed by atoms with E-state index in [1.54, 1.807) is 48.5 Å². The number of hydrogen-bond donors (Lipinski definition) is 2. The van der Waals surface area contributed by atoms with E-state index in [2.05, 4.69) is 5.32 Å². The topological polar surface area (TPSA) is 81.4 Å². The number of rotatable bonds is 6. The molecule has 0 fully saturated rings. The van der Waals surface area contributed by atoms with Crippen LogP contribution in [-0.2, 0) is 6.61 Å². The molecule has 0 aliphatic rings. The van der Waals surface area contributed by atoms with Crippen LogP contribution in [0.2, 0.25) is 0 Å². The molecule has 0 unspecified atom stereocenters. The highest BCUT2D eigenvalue weighted by atomic mass is 16.5. The van der Waals surface area contributed by atoms with Crippen molar-refractivity contribution in [3.05, 3.63) is 95.6 Å². The second-order valence-corrected chi connectivity index (χ2v) is 5.63. The molecule has 0 aromatic heterocycles. The van der Waals surface area contributed by atoms with Crippen molar-refractivity contribution in [1.29, 1.82) is 0 Å². The summed E-state index contributed by atoms with van der Waals surface area (Å²) >= 11 is 0. The van der Waals surface area contributed by atoms with Crippen LogP contribution in [0.15, 0.2) is 78.9 Å². The molecule has 0 spiro atoms. The molecule has 5 nitrogen and oxygen atoms in total. The van der Waals surface area contributed by atoms with Crippen molar-refractivity contribution in [2.75, 3.05) is 5.32 Å². The lowest BCUT2D eigenvalue weighted by molar-refractivity contribution is 0.100. The molecule has 3 rings (SSSR count). The van der Waals surface area contributed by atoms with Crippen LogP contribution in [0.3, 0.4) is 0 Å². The van der Waals surface area contributed by atoms with Crippen LogP contribution in [0.1, 0.15) is 26.3 Å². The van der Waals surface area contributed by atoms with E-state index in [1.807, 2.05) is 30.3 Å². The van der Waals surface area contributed by atoms with Crippen molar-refractivity contribution in [3.63, 3.8) is 0 Å². The number of carbonyl (C=O) groups excluding carboxylic acids is 2. The standard InChI is InChI=1S/C21H18N2O3/c22-20(24)16-10-4-6-12-18(16)23-21(25)17-11-5-7-13-19(17)26-14-15-8-2-1-3-9-15/h1-13H,14H2,(H2,22,24)(H,23,25). The molecule has 130 valence electrons. The van der Waals surface area contributed by atoms with Crippen molar-refractivity contribution in [1.82, 2.24) is 0 Å². The quantitative estimate of drug-likeness (QED) is 0.715. The predicted molar refractivity (Wildman–Crippen MR) is 100 cm³/mol. The lowest BCUT2D eigenvalue weighted by Gasteiger charge is -2.13. The highest BCUT2D eigenvalue weighted by Gasteiger charge is 2.15. The number of nitrogens with two attached hydrogens (primary N) is 1. The van der Waals surface area contributed by atoms with Crippen LogP contribution in [0.5, 0.6) is 5.75 Å². The van der Waals surface area contributed by atoms with Crippen LogP contribution < -0.4 is 15.8 Å². The largest absolute Gasteiger partial charge is 0.488 e. The maximum atomic E-state index is 12.7. The fourth-order valence-electron chi connectivity index (χ4n) is 2.51. The number of benzene rings is 3. The lowest BCUT2D eigenvalue weighted by Crippen LogP contribution is -2.18. The molecule has 0 saturated carbocycles. The summed E-state index contributed by atoms with van der Waals surface area (Å²) in [4.78, 5) is 24.2. The minimum atomic E-state index is -0.602. The maximum Gasteiger partial charge on any atom is 0.259 e. The average Bonchev–Trinajstić information content (AvgIpc) is 2.67. The van der Waals surface area contributed by atoms with Crippen molar-refractivity contribution in [2.24, 2.45) is 5.73 Å². The Morgan fingerprint density at radius 2 is 1.42 bits per heavy atom. The van der Waals surface area contributed by atoms with Gasteiger partial charge in [-0.05, 0) is 29.8 Å². The number of para-hydroxylation sites is 2. The molecular weight excluding hydrogens is 328 g/mol. The molecule has 0 atom stereocenters. The Morgan fingerprint density at radius 3 is 2.15 bits per heavy atom. The average molecular weight is 346 g/mol. The maximum absolute atomic E-state index is 12.7. The zero-order chi connectivity index (χ0) is 18.4. The first-order valence-electron chi connectivity index (χ1n) is 8.11. The van der Waals surface area contributed by atoms with E-state index in [0.29, 0.717) is 23.6 Å². The number of ether oxygens (including phenoxy) is 1. The zero-order valence-electron chi connectivity index (χ0n) is 14.0. The Hall–Kier alpha value is -3.60. The van der Waals surface area contributed by atoms with Gasteiger partial charge < -0.3 is 15.8 Å². The minimum absolute atomic E-state index is 0.253. The van der Waals surface area contributed by atoms with Gasteiger partial charge in [0.2, 0.25) is 0 Å². The Kier molecular flexibility index (Phi) is 5.29. The van der Waals surface area contributed by atoms with Crippen molar-refractivity contribution >= 4 is 17.5 Å². The summed E-state index contributed by atoms with van der Waals surface area (Å²) in [6.45, 7) is 0.350. The summed E-state index contributed by atoms with van der Waals surface area (Å²) in [6.07, 6.45) is 0. The second kappa shape index (κ2) is 7.98. The van der Waals surface area contributed by atoms with Gasteiger partial charge in [-0.2, -0.15) is 0 Å². The highest BCUT2D eigenvalue weighted by Crippen LogP contribution is 2.22. The molecule has 0 heterocycles. The Labute approximate surface area is 151 Å². The first kappa shape index (κ1) is 17.2. The third kappa shape index (κ3) is 4.08. The van der Waals surface area contributed by atoms with E-state index in [-0.39, 0.29) is 11.5 Å². The number of anilines is 1. The van der Waals surface area contributed by atoms with Gasteiger partial charge in [-0.15, -0.1) is 0 Å². The molecule has 3 aromatic carbocycles. The summed E-state index contributed by atoms with van der Waals surface area (Å²) in [5.74, 6) is -0.512. The van der Waals surface area contributed by atoms with Crippen LogP contribution in [0, 0.1) is 0 Å². The summed E-state index contributed by atoms with van der Waals surface area (Å²) in [5, 5.41) is 2.73. The van der Waals surface area contributed by atoms with E-state index < -0.39 is 5.91 Å². The molecule has 26 heavy (non-hydrogen) atoms. The summed E-state index contributed by atoms with van der Waals surface area (Å²) in [6, 6.07) is 23.3. The Balaban J connectivity index is 1.79. The molecular formula is C21H18N2O3. The van der Waals surface area contributed by atoms with E-state index in [1.165, 1.54) is 0 Å². The summed E-state index contributed by atoms with van der Waals surface area (Å²) < 4.78 is 5.81. The normalized spacial score (nSPS) is 10.2. The molecule has 0 saturated heterocycles. The Morgan fingerprint density at radius 1 is 0.808 bits per heavy atom. The van der Waals surface area contributed by atoms with Gasteiger partial charge in [0.05, 0.1) is 16.8 Å². The lowest BCUT2D eigenvalue weighted by atomic mass is 10.1. The van der Waals surface area contributed by atoms with Gasteiger partial charge in [0.15, 0.2) is 0 Å². The molecule has 2 amide bonds. The smallest absolute Gasteiger partial charge is 0.259 e. The SMILES string of the molecule is NC(=O)c1ccccc1NC(=O)c1ccccc1OCc1ccccc1. The van der Waals surface area contributed by atoms with Gasteiger partial charge >= 0.3 is 0 Å². The Bertz CT molecular complexity index is 923. The van der Waals surface area contributed by atoms with E-state index in [9.17, 15) is 9.59 Å². The van der Waals surface area contributed by atoms with Gasteiger partial charge in [0.1, 0.15) is 12.4 Å². The number of amides is 2. The summed E-state index contributed by atoms with van der Waals surface area (Å²) in [7, 11) is 0. The first-order chi connectivity index (χ1) is 12.6. The third-order valence-electron chi connectivity index (χ3n) is 3.81. The minimum Gasteiger partial charge on any atom is -0.488 e. The highest BCUT2D eigenvalue weighted by molar-refractivity contribution is 6.09. The summed E-state index contributed by atoms with van der Waals surface area (Å²) in [5.41, 5.74) is 7.35. The molecule has 0 aliphatic heterocycles. The third-order valence-corrected chi connectivity index (χ3v) is 3.81. The van der Waals surface area contributed by atoms with Gasteiger partial charge in [-0.3, -0.25) is 9.59 Å². The van der Waals surface area contributed by atoms with E-state index in [0.717, 1.165) is 5.56 Å². The fraction of sp³-hybridized carbons (Fsp3) is 0.0476. The number of nitrogens with one attached hydrogen (secondary N) is 1. The molecule has 3 N–H and O–H groups in total. The zero-order valence-corrected chi connectivity index (χ0v) is 14.0. The number of carbonyl (C=O) groups is 2. The van der Waals surface area contributed by atoms with Gasteiger partial charge in [-0.25, -0.2) is 0 Å². The van der Waals surface area contributed by atoms with Crippen LogP contribution in [0.4, 0.5) is 5.69 Å². The molecule has 5 heteroatoms. The van der Waals surface area contributed by atoms with Crippen LogP contribution in [-0.4, -0.2) is 11.8 Å². The monoisotopic (exact) mass is 346 g/mol. The van der Waals surface area contributed by atoms with Gasteiger partial charge in [0.25, 0.3) is 11.8 Å². The van der Waals surface area contributed by atoms with E-state index in [4.69, 9.17) is 10.5 Å². The molecule has 0 bridgehead atoms. The van der Waals surface area contributed by atoms with Gasteiger partial charge in [-0.1, -0.05) is 54.6 Å². The van der Waals surface area contributed by atoms with Crippen molar-refractivity contribution in [3.8, 4) is 5.75 Å². The number of primary amides is 1. The van der Waals surface area contributed by atoms with Gasteiger partial charge in [0, 0.05) is 0 Å². The molecule has 3 aromatic rings. The van der Waals surface area contributed by atoms with Crippen molar-refractivity contribution in [2.45, 2.75) is 6.61 Å². The predicted octanol–water partition coefficient (Wildman–Crippen LogP) is 3.62. The van der Waals surface area contributed by atoms with Crippen LogP contribution in [0.25, 0.3) is 0 Å².